The summed E-state index contributed by atoms with van der Waals surface area (Å²) in [4.78, 5) is 2.68. The number of piperazine rings is 1. The van der Waals surface area contributed by atoms with Crippen molar-refractivity contribution < 1.29 is 0 Å². The molecule has 3 rings (SSSR count). The average molecular weight is 248 g/mol. The molecular formula is C14H24N4. The molecule has 0 radical (unpaired) electrons. The SMILES string of the molecule is CC1CN(Cc2ccn(C)n2)C2(CCCC2)CN1. The monoisotopic (exact) mass is 248 g/mol. The number of nitrogens with zero attached hydrogens (tertiary/aromatic N) is 3. The van der Waals surface area contributed by atoms with Gasteiger partial charge in [0.1, 0.15) is 0 Å². The quantitative estimate of drug-likeness (QED) is 0.861. The molecule has 1 N–H and O–H groups in total. The normalized spacial score (nSPS) is 28.0. The fraction of sp³-hybridized carbons (Fsp3) is 0.786. The summed E-state index contributed by atoms with van der Waals surface area (Å²) in [6, 6.07) is 2.75. The Morgan fingerprint density at radius 3 is 2.89 bits per heavy atom. The van der Waals surface area contributed by atoms with Crippen LogP contribution in [0.15, 0.2) is 12.3 Å². The summed E-state index contributed by atoms with van der Waals surface area (Å²) in [5.74, 6) is 0. The van der Waals surface area contributed by atoms with Crippen molar-refractivity contribution in [2.75, 3.05) is 13.1 Å². The van der Waals surface area contributed by atoms with Gasteiger partial charge in [0, 0.05) is 44.5 Å². The molecule has 1 spiro atoms. The Morgan fingerprint density at radius 1 is 1.44 bits per heavy atom. The topological polar surface area (TPSA) is 33.1 Å². The van der Waals surface area contributed by atoms with Crippen LogP contribution in [0.3, 0.4) is 0 Å². The van der Waals surface area contributed by atoms with Crippen LogP contribution in [0, 0.1) is 0 Å². The first-order chi connectivity index (χ1) is 8.68. The average Bonchev–Trinajstić information content (AvgIpc) is 2.95. The highest BCUT2D eigenvalue weighted by molar-refractivity contribution is 5.06. The van der Waals surface area contributed by atoms with Crippen LogP contribution in [-0.2, 0) is 13.6 Å². The molecule has 0 amide bonds. The van der Waals surface area contributed by atoms with Gasteiger partial charge in [0.25, 0.3) is 0 Å². The Bertz CT molecular complexity index is 406. The summed E-state index contributed by atoms with van der Waals surface area (Å²) >= 11 is 0. The molecule has 1 aliphatic heterocycles. The van der Waals surface area contributed by atoms with Crippen molar-refractivity contribution in [1.29, 1.82) is 0 Å². The van der Waals surface area contributed by atoms with Crippen LogP contribution in [0.25, 0.3) is 0 Å². The van der Waals surface area contributed by atoms with Gasteiger partial charge in [0.2, 0.25) is 0 Å². The van der Waals surface area contributed by atoms with Crippen molar-refractivity contribution in [3.8, 4) is 0 Å². The number of aryl methyl sites for hydroxylation is 1. The highest BCUT2D eigenvalue weighted by Crippen LogP contribution is 2.37. The molecule has 100 valence electrons. The van der Waals surface area contributed by atoms with E-state index in [-0.39, 0.29) is 0 Å². The zero-order valence-electron chi connectivity index (χ0n) is 11.5. The first kappa shape index (κ1) is 12.2. The minimum atomic E-state index is 0.407. The van der Waals surface area contributed by atoms with Crippen LogP contribution in [0.4, 0.5) is 0 Å². The van der Waals surface area contributed by atoms with Crippen molar-refractivity contribution in [2.24, 2.45) is 7.05 Å². The van der Waals surface area contributed by atoms with Gasteiger partial charge >= 0.3 is 0 Å². The van der Waals surface area contributed by atoms with Crippen LogP contribution in [0.1, 0.15) is 38.3 Å². The molecule has 0 aromatic carbocycles. The van der Waals surface area contributed by atoms with Gasteiger partial charge < -0.3 is 5.32 Å². The van der Waals surface area contributed by atoms with E-state index >= 15 is 0 Å². The predicted octanol–water partition coefficient (Wildman–Crippen LogP) is 1.53. The van der Waals surface area contributed by atoms with Gasteiger partial charge in [-0.25, -0.2) is 0 Å². The predicted molar refractivity (Wildman–Crippen MR) is 72.3 cm³/mol. The van der Waals surface area contributed by atoms with E-state index in [2.05, 4.69) is 28.3 Å². The van der Waals surface area contributed by atoms with Gasteiger partial charge in [-0.2, -0.15) is 5.10 Å². The van der Waals surface area contributed by atoms with Crippen molar-refractivity contribution >= 4 is 0 Å². The smallest absolute Gasteiger partial charge is 0.0764 e. The molecule has 1 aromatic heterocycles. The first-order valence-electron chi connectivity index (χ1n) is 7.15. The van der Waals surface area contributed by atoms with E-state index in [1.165, 1.54) is 31.4 Å². The van der Waals surface area contributed by atoms with Crippen LogP contribution in [-0.4, -0.2) is 39.4 Å². The van der Waals surface area contributed by atoms with E-state index in [0.717, 1.165) is 19.6 Å². The molecule has 1 aromatic rings. The number of hydrogen-bond donors (Lipinski definition) is 1. The fourth-order valence-corrected chi connectivity index (χ4v) is 3.57. The van der Waals surface area contributed by atoms with Gasteiger partial charge in [-0.15, -0.1) is 0 Å². The molecule has 4 nitrogen and oxygen atoms in total. The van der Waals surface area contributed by atoms with Crippen molar-refractivity contribution in [3.05, 3.63) is 18.0 Å². The number of aromatic nitrogens is 2. The van der Waals surface area contributed by atoms with Gasteiger partial charge in [-0.3, -0.25) is 9.58 Å². The van der Waals surface area contributed by atoms with E-state index < -0.39 is 0 Å². The lowest BCUT2D eigenvalue weighted by molar-refractivity contribution is 0.0381. The number of rotatable bonds is 2. The van der Waals surface area contributed by atoms with Crippen molar-refractivity contribution in [1.82, 2.24) is 20.0 Å². The van der Waals surface area contributed by atoms with E-state index in [1.807, 2.05) is 17.9 Å². The molecule has 2 aliphatic rings. The molecule has 1 unspecified atom stereocenters. The third kappa shape index (κ3) is 2.19. The van der Waals surface area contributed by atoms with Crippen LogP contribution < -0.4 is 5.32 Å². The third-order valence-electron chi connectivity index (χ3n) is 4.60. The van der Waals surface area contributed by atoms with Crippen molar-refractivity contribution in [3.63, 3.8) is 0 Å². The second-order valence-electron chi connectivity index (χ2n) is 6.07. The summed E-state index contributed by atoms with van der Waals surface area (Å²) < 4.78 is 1.91. The third-order valence-corrected chi connectivity index (χ3v) is 4.60. The lowest BCUT2D eigenvalue weighted by atomic mass is 9.91. The zero-order valence-corrected chi connectivity index (χ0v) is 11.5. The number of hydrogen-bond acceptors (Lipinski definition) is 3. The maximum atomic E-state index is 4.54. The van der Waals surface area contributed by atoms with Crippen LogP contribution in [0.2, 0.25) is 0 Å². The Balaban J connectivity index is 1.77. The van der Waals surface area contributed by atoms with E-state index in [0.29, 0.717) is 11.6 Å². The Kier molecular flexibility index (Phi) is 3.16. The van der Waals surface area contributed by atoms with Crippen molar-refractivity contribution in [2.45, 2.75) is 50.7 Å². The van der Waals surface area contributed by atoms with E-state index in [1.54, 1.807) is 0 Å². The van der Waals surface area contributed by atoms with E-state index in [9.17, 15) is 0 Å². The molecule has 1 atom stereocenters. The van der Waals surface area contributed by atoms with Gasteiger partial charge in [0.15, 0.2) is 0 Å². The Hall–Kier alpha value is -0.870. The maximum Gasteiger partial charge on any atom is 0.0764 e. The fourth-order valence-electron chi connectivity index (χ4n) is 3.57. The first-order valence-corrected chi connectivity index (χ1v) is 7.15. The van der Waals surface area contributed by atoms with Gasteiger partial charge in [0.05, 0.1) is 5.69 Å². The molecule has 18 heavy (non-hydrogen) atoms. The van der Waals surface area contributed by atoms with Gasteiger partial charge in [-0.1, -0.05) is 12.8 Å². The highest BCUT2D eigenvalue weighted by atomic mass is 15.3. The van der Waals surface area contributed by atoms with Crippen LogP contribution in [0.5, 0.6) is 0 Å². The summed E-state index contributed by atoms with van der Waals surface area (Å²) in [5.41, 5.74) is 1.61. The maximum absolute atomic E-state index is 4.54. The second-order valence-corrected chi connectivity index (χ2v) is 6.07. The summed E-state index contributed by atoms with van der Waals surface area (Å²) in [5, 5.41) is 8.21. The molecule has 1 aliphatic carbocycles. The minimum absolute atomic E-state index is 0.407. The molecule has 0 bridgehead atoms. The van der Waals surface area contributed by atoms with E-state index in [4.69, 9.17) is 0 Å². The molecule has 2 fully saturated rings. The van der Waals surface area contributed by atoms with Gasteiger partial charge in [-0.05, 0) is 25.8 Å². The Labute approximate surface area is 109 Å². The molecule has 2 heterocycles. The second kappa shape index (κ2) is 4.67. The largest absolute Gasteiger partial charge is 0.311 e. The lowest BCUT2D eigenvalue weighted by Crippen LogP contribution is -2.62. The minimum Gasteiger partial charge on any atom is -0.311 e. The summed E-state index contributed by atoms with van der Waals surface area (Å²) in [6.45, 7) is 5.59. The highest BCUT2D eigenvalue weighted by Gasteiger charge is 2.42. The lowest BCUT2D eigenvalue weighted by Gasteiger charge is -2.47. The summed E-state index contributed by atoms with van der Waals surface area (Å²) in [6.07, 6.45) is 7.50. The number of nitrogens with one attached hydrogen (secondary N) is 1. The molecular weight excluding hydrogens is 224 g/mol. The molecule has 1 saturated heterocycles. The standard InChI is InChI=1S/C14H24N4/c1-12-9-18(10-13-5-8-17(2)16-13)14(11-15-12)6-3-4-7-14/h5,8,12,15H,3-4,6-7,9-11H2,1-2H3. The molecule has 4 heteroatoms. The van der Waals surface area contributed by atoms with Crippen LogP contribution >= 0.6 is 0 Å². The zero-order chi connectivity index (χ0) is 12.6. The summed E-state index contributed by atoms with van der Waals surface area (Å²) in [7, 11) is 2.00. The Morgan fingerprint density at radius 2 is 2.22 bits per heavy atom. The molecule has 1 saturated carbocycles.